The van der Waals surface area contributed by atoms with Gasteiger partial charge in [-0.25, -0.2) is 0 Å². The van der Waals surface area contributed by atoms with Crippen LogP contribution in [-0.2, 0) is 4.79 Å². The molecule has 9 heteroatoms. The van der Waals surface area contributed by atoms with E-state index in [-0.39, 0.29) is 5.91 Å². The van der Waals surface area contributed by atoms with E-state index in [4.69, 9.17) is 0 Å². The summed E-state index contributed by atoms with van der Waals surface area (Å²) in [5, 5.41) is 9.34. The standard InChI is InChI=1S/C17H21F2N5O2/c18-17(19)24-11-12(5-6-16(24)26)13-10-14(22-21-13)20-15(25)4-3-9-23-7-1-2-8-23/h5-6,10-11,17H,1-4,7-9H2,(H2,20,21,22,25). The Bertz CT molecular complexity index is 811. The van der Waals surface area contributed by atoms with Gasteiger partial charge in [-0.2, -0.15) is 13.9 Å². The second-order valence-corrected chi connectivity index (χ2v) is 6.31. The van der Waals surface area contributed by atoms with Crippen LogP contribution in [0.4, 0.5) is 14.6 Å². The predicted molar refractivity (Wildman–Crippen MR) is 93.1 cm³/mol. The van der Waals surface area contributed by atoms with Crippen LogP contribution >= 0.6 is 0 Å². The number of halogens is 2. The van der Waals surface area contributed by atoms with Crippen LogP contribution in [0.15, 0.2) is 29.2 Å². The Hall–Kier alpha value is -2.55. The predicted octanol–water partition coefficient (Wildman–Crippen LogP) is 2.45. The van der Waals surface area contributed by atoms with Gasteiger partial charge >= 0.3 is 6.55 Å². The molecule has 140 valence electrons. The number of anilines is 1. The fraction of sp³-hybridized carbons (Fsp3) is 0.471. The van der Waals surface area contributed by atoms with Crippen LogP contribution in [0, 0.1) is 0 Å². The van der Waals surface area contributed by atoms with Gasteiger partial charge in [-0.05, 0) is 45.0 Å². The van der Waals surface area contributed by atoms with Crippen LogP contribution in [0.1, 0.15) is 32.2 Å². The molecule has 26 heavy (non-hydrogen) atoms. The van der Waals surface area contributed by atoms with Gasteiger partial charge in [0.25, 0.3) is 5.56 Å². The summed E-state index contributed by atoms with van der Waals surface area (Å²) >= 11 is 0. The van der Waals surface area contributed by atoms with Crippen LogP contribution in [0.5, 0.6) is 0 Å². The molecule has 1 fully saturated rings. The zero-order valence-corrected chi connectivity index (χ0v) is 14.3. The van der Waals surface area contributed by atoms with Gasteiger partial charge in [-0.15, -0.1) is 0 Å². The van der Waals surface area contributed by atoms with Crippen molar-refractivity contribution in [3.8, 4) is 11.3 Å². The van der Waals surface area contributed by atoms with E-state index in [0.29, 0.717) is 28.1 Å². The van der Waals surface area contributed by atoms with Crippen LogP contribution in [0.2, 0.25) is 0 Å². The van der Waals surface area contributed by atoms with E-state index >= 15 is 0 Å². The second kappa shape index (κ2) is 8.22. The molecule has 0 aromatic carbocycles. The maximum atomic E-state index is 12.8. The molecule has 0 atom stereocenters. The lowest BCUT2D eigenvalue weighted by Crippen LogP contribution is -2.22. The molecule has 0 spiro atoms. The Labute approximate surface area is 149 Å². The second-order valence-electron chi connectivity index (χ2n) is 6.31. The summed E-state index contributed by atoms with van der Waals surface area (Å²) in [6.45, 7) is 0.199. The molecule has 1 aliphatic rings. The van der Waals surface area contributed by atoms with Crippen LogP contribution in [0.25, 0.3) is 11.3 Å². The first-order valence-corrected chi connectivity index (χ1v) is 8.61. The maximum absolute atomic E-state index is 12.8. The topological polar surface area (TPSA) is 83.0 Å². The quantitative estimate of drug-likeness (QED) is 0.790. The number of aromatic amines is 1. The highest BCUT2D eigenvalue weighted by atomic mass is 19.3. The summed E-state index contributed by atoms with van der Waals surface area (Å²) in [6, 6.07) is 4.04. The molecule has 2 aromatic rings. The highest BCUT2D eigenvalue weighted by Gasteiger charge is 2.13. The molecule has 0 aliphatic carbocycles. The fourth-order valence-electron chi connectivity index (χ4n) is 3.02. The number of nitrogens with one attached hydrogen (secondary N) is 2. The largest absolute Gasteiger partial charge is 0.321 e. The van der Waals surface area contributed by atoms with Gasteiger partial charge < -0.3 is 10.2 Å². The van der Waals surface area contributed by atoms with Gasteiger partial charge in [0, 0.05) is 30.3 Å². The first-order chi connectivity index (χ1) is 12.5. The number of aromatic nitrogens is 3. The third kappa shape index (κ3) is 4.54. The fourth-order valence-corrected chi connectivity index (χ4v) is 3.02. The molecule has 2 N–H and O–H groups in total. The number of likely N-dealkylation sites (tertiary alicyclic amines) is 1. The number of H-pyrrole nitrogens is 1. The van der Waals surface area contributed by atoms with E-state index in [1.807, 2.05) is 0 Å². The minimum absolute atomic E-state index is 0.139. The summed E-state index contributed by atoms with van der Waals surface area (Å²) in [5.74, 6) is 0.181. The minimum atomic E-state index is -2.92. The average molecular weight is 365 g/mol. The van der Waals surface area contributed by atoms with Gasteiger partial charge in [0.2, 0.25) is 5.91 Å². The van der Waals surface area contributed by atoms with E-state index in [1.54, 1.807) is 6.07 Å². The van der Waals surface area contributed by atoms with Crippen molar-refractivity contribution >= 4 is 11.7 Å². The molecule has 1 aliphatic heterocycles. The van der Waals surface area contributed by atoms with Gasteiger partial charge in [-0.1, -0.05) is 0 Å². The Morgan fingerprint density at radius 2 is 2.08 bits per heavy atom. The van der Waals surface area contributed by atoms with Crippen molar-refractivity contribution in [1.29, 1.82) is 0 Å². The molecular formula is C17H21F2N5O2. The number of pyridine rings is 1. The zero-order valence-electron chi connectivity index (χ0n) is 14.3. The van der Waals surface area contributed by atoms with Crippen LogP contribution < -0.4 is 10.9 Å². The summed E-state index contributed by atoms with van der Waals surface area (Å²) in [6.07, 6.45) is 4.68. The highest BCUT2D eigenvalue weighted by molar-refractivity contribution is 5.90. The molecule has 0 radical (unpaired) electrons. The lowest BCUT2D eigenvalue weighted by molar-refractivity contribution is -0.116. The number of rotatable bonds is 7. The van der Waals surface area contributed by atoms with Gasteiger partial charge in [0.15, 0.2) is 5.82 Å². The Balaban J connectivity index is 1.56. The number of carbonyl (C=O) groups excluding carboxylic acids is 1. The van der Waals surface area contributed by atoms with E-state index < -0.39 is 12.1 Å². The molecule has 1 amide bonds. The number of alkyl halides is 2. The van der Waals surface area contributed by atoms with Gasteiger partial charge in [0.1, 0.15) is 0 Å². The molecule has 3 heterocycles. The van der Waals surface area contributed by atoms with Crippen molar-refractivity contribution in [2.45, 2.75) is 32.2 Å². The van der Waals surface area contributed by atoms with E-state index in [0.717, 1.165) is 38.3 Å². The molecule has 3 rings (SSSR count). The van der Waals surface area contributed by atoms with E-state index in [9.17, 15) is 18.4 Å². The lowest BCUT2D eigenvalue weighted by atomic mass is 10.2. The van der Waals surface area contributed by atoms with Crippen LogP contribution in [0.3, 0.4) is 0 Å². The summed E-state index contributed by atoms with van der Waals surface area (Å²) in [7, 11) is 0. The van der Waals surface area contributed by atoms with E-state index in [1.165, 1.54) is 18.9 Å². The molecule has 0 bridgehead atoms. The van der Waals surface area contributed by atoms with Gasteiger partial charge in [0.05, 0.1) is 5.69 Å². The molecule has 0 saturated carbocycles. The number of hydrogen-bond acceptors (Lipinski definition) is 4. The normalized spacial score (nSPS) is 14.9. The molecule has 0 unspecified atom stereocenters. The first kappa shape index (κ1) is 18.2. The molecule has 1 saturated heterocycles. The summed E-state index contributed by atoms with van der Waals surface area (Å²) in [4.78, 5) is 25.7. The maximum Gasteiger partial charge on any atom is 0.321 e. The zero-order chi connectivity index (χ0) is 18.5. The lowest BCUT2D eigenvalue weighted by Gasteiger charge is -2.13. The average Bonchev–Trinajstić information content (AvgIpc) is 3.27. The molecule has 2 aromatic heterocycles. The van der Waals surface area contributed by atoms with Crippen molar-refractivity contribution in [2.24, 2.45) is 0 Å². The smallest absolute Gasteiger partial charge is 0.309 e. The monoisotopic (exact) mass is 365 g/mol. The number of nitrogens with zero attached hydrogens (tertiary/aromatic N) is 3. The Morgan fingerprint density at radius 3 is 2.81 bits per heavy atom. The van der Waals surface area contributed by atoms with Crippen molar-refractivity contribution in [2.75, 3.05) is 25.0 Å². The Morgan fingerprint density at radius 1 is 1.31 bits per heavy atom. The highest BCUT2D eigenvalue weighted by Crippen LogP contribution is 2.20. The Kier molecular flexibility index (Phi) is 5.77. The van der Waals surface area contributed by atoms with E-state index in [2.05, 4.69) is 20.4 Å². The van der Waals surface area contributed by atoms with Crippen molar-refractivity contribution in [3.63, 3.8) is 0 Å². The SMILES string of the molecule is O=C(CCCN1CCCC1)Nc1cc(-c2ccc(=O)n(C(F)F)c2)[nH]n1. The molecule has 7 nitrogen and oxygen atoms in total. The molecular weight excluding hydrogens is 344 g/mol. The number of hydrogen-bond donors (Lipinski definition) is 2. The van der Waals surface area contributed by atoms with Crippen LogP contribution in [-0.4, -0.2) is 45.2 Å². The van der Waals surface area contributed by atoms with Crippen molar-refractivity contribution in [3.05, 3.63) is 34.7 Å². The third-order valence-electron chi connectivity index (χ3n) is 4.38. The number of carbonyl (C=O) groups is 1. The minimum Gasteiger partial charge on any atom is -0.309 e. The van der Waals surface area contributed by atoms with Crippen molar-refractivity contribution < 1.29 is 13.6 Å². The van der Waals surface area contributed by atoms with Gasteiger partial charge in [-0.3, -0.25) is 19.3 Å². The summed E-state index contributed by atoms with van der Waals surface area (Å²) in [5.41, 5.74) is 0.0356. The summed E-state index contributed by atoms with van der Waals surface area (Å²) < 4.78 is 26.0. The third-order valence-corrected chi connectivity index (χ3v) is 4.38. The van der Waals surface area contributed by atoms with Crippen molar-refractivity contribution in [1.82, 2.24) is 19.7 Å². The first-order valence-electron chi connectivity index (χ1n) is 8.61. The number of amides is 1.